The third-order valence-corrected chi connectivity index (χ3v) is 6.17. The molecular weight excluding hydrogens is 264 g/mol. The van der Waals surface area contributed by atoms with Crippen molar-refractivity contribution in [3.8, 4) is 0 Å². The Kier molecular flexibility index (Phi) is 3.76. The Morgan fingerprint density at radius 1 is 1.20 bits per heavy atom. The molecule has 3 heteroatoms. The van der Waals surface area contributed by atoms with Crippen molar-refractivity contribution < 1.29 is 0 Å². The van der Waals surface area contributed by atoms with Crippen molar-refractivity contribution in [2.45, 2.75) is 54.3 Å². The second-order valence-electron chi connectivity index (χ2n) is 6.53. The van der Waals surface area contributed by atoms with Gasteiger partial charge in [0.2, 0.25) is 0 Å². The lowest BCUT2D eigenvalue weighted by molar-refractivity contribution is 0.248. The quantitative estimate of drug-likeness (QED) is 0.897. The summed E-state index contributed by atoms with van der Waals surface area (Å²) in [5.74, 6) is 0. The Hall–Kier alpha value is -0.510. The van der Waals surface area contributed by atoms with Crippen LogP contribution in [0.5, 0.6) is 0 Å². The number of hydrogen-bond donors (Lipinski definition) is 1. The van der Waals surface area contributed by atoms with Crippen LogP contribution >= 0.6 is 11.8 Å². The van der Waals surface area contributed by atoms with Crippen molar-refractivity contribution >= 4 is 11.8 Å². The van der Waals surface area contributed by atoms with Crippen LogP contribution in [0, 0.1) is 0 Å². The highest BCUT2D eigenvalue weighted by Gasteiger charge is 2.31. The summed E-state index contributed by atoms with van der Waals surface area (Å²) in [7, 11) is 0. The summed E-state index contributed by atoms with van der Waals surface area (Å²) in [6.07, 6.45) is 6.85. The van der Waals surface area contributed by atoms with Gasteiger partial charge < -0.3 is 5.32 Å². The minimum atomic E-state index is 0.772. The molecular formula is C17H24N2S. The lowest BCUT2D eigenvalue weighted by Gasteiger charge is -2.27. The van der Waals surface area contributed by atoms with E-state index in [1.54, 1.807) is 5.56 Å². The molecule has 3 aliphatic rings. The van der Waals surface area contributed by atoms with E-state index in [1.807, 2.05) is 0 Å². The van der Waals surface area contributed by atoms with Crippen LogP contribution < -0.4 is 5.32 Å². The molecule has 2 unspecified atom stereocenters. The maximum atomic E-state index is 3.72. The highest BCUT2D eigenvalue weighted by Crippen LogP contribution is 2.37. The van der Waals surface area contributed by atoms with Crippen molar-refractivity contribution in [3.05, 3.63) is 29.8 Å². The Labute approximate surface area is 126 Å². The summed E-state index contributed by atoms with van der Waals surface area (Å²) in [5, 5.41) is 4.49. The normalized spacial score (nSPS) is 29.8. The van der Waals surface area contributed by atoms with E-state index < -0.39 is 0 Å². The largest absolute Gasteiger partial charge is 0.312 e. The van der Waals surface area contributed by atoms with E-state index in [9.17, 15) is 0 Å². The van der Waals surface area contributed by atoms with E-state index in [1.165, 1.54) is 56.6 Å². The lowest BCUT2D eigenvalue weighted by atomic mass is 10.1. The van der Waals surface area contributed by atoms with Gasteiger partial charge in [0.25, 0.3) is 0 Å². The molecule has 0 bridgehead atoms. The van der Waals surface area contributed by atoms with Crippen molar-refractivity contribution in [3.63, 3.8) is 0 Å². The molecule has 1 saturated carbocycles. The molecule has 2 heterocycles. The summed E-state index contributed by atoms with van der Waals surface area (Å²) < 4.78 is 0. The van der Waals surface area contributed by atoms with Gasteiger partial charge in [0.1, 0.15) is 0 Å². The first-order chi connectivity index (χ1) is 9.88. The molecule has 1 aromatic carbocycles. The number of thioether (sulfide) groups is 1. The fourth-order valence-corrected chi connectivity index (χ4v) is 4.92. The standard InChI is InChI=1S/C17H24N2S/c1-2-6-17-13(4-1)10-16(20-17)12-19-9-3-5-15(19)11-18-14-7-8-14/h1-2,4,6,14-16,18H,3,5,7-12H2. The molecule has 0 radical (unpaired) electrons. The Morgan fingerprint density at radius 3 is 2.95 bits per heavy atom. The van der Waals surface area contributed by atoms with Gasteiger partial charge in [-0.1, -0.05) is 18.2 Å². The van der Waals surface area contributed by atoms with Gasteiger partial charge in [0, 0.05) is 35.3 Å². The second kappa shape index (κ2) is 5.70. The molecule has 0 spiro atoms. The van der Waals surface area contributed by atoms with Crippen molar-refractivity contribution in [1.82, 2.24) is 10.2 Å². The third-order valence-electron chi connectivity index (χ3n) is 4.87. The maximum Gasteiger partial charge on any atom is 0.0263 e. The average Bonchev–Trinajstić information content (AvgIpc) is 3.04. The molecule has 4 rings (SSSR count). The van der Waals surface area contributed by atoms with E-state index in [-0.39, 0.29) is 0 Å². The molecule has 2 aliphatic heterocycles. The number of nitrogens with one attached hydrogen (secondary N) is 1. The minimum Gasteiger partial charge on any atom is -0.312 e. The van der Waals surface area contributed by atoms with Crippen LogP contribution in [0.4, 0.5) is 0 Å². The molecule has 2 nitrogen and oxygen atoms in total. The fraction of sp³-hybridized carbons (Fsp3) is 0.647. The van der Waals surface area contributed by atoms with Crippen LogP contribution in [0.1, 0.15) is 31.2 Å². The fourth-order valence-electron chi connectivity index (χ4n) is 3.57. The van der Waals surface area contributed by atoms with Crippen LogP contribution in [-0.4, -0.2) is 41.9 Å². The number of nitrogens with zero attached hydrogens (tertiary/aromatic N) is 1. The second-order valence-corrected chi connectivity index (χ2v) is 7.87. The van der Waals surface area contributed by atoms with E-state index >= 15 is 0 Å². The smallest absolute Gasteiger partial charge is 0.0263 e. The van der Waals surface area contributed by atoms with Crippen molar-refractivity contribution in [1.29, 1.82) is 0 Å². The SMILES string of the molecule is c1ccc2c(c1)CC(CN1CCCC1CNC1CC1)S2. The predicted octanol–water partition coefficient (Wildman–Crippen LogP) is 2.92. The lowest BCUT2D eigenvalue weighted by Crippen LogP contribution is -2.41. The zero-order chi connectivity index (χ0) is 13.4. The number of fused-ring (bicyclic) bond motifs is 1. The molecule has 20 heavy (non-hydrogen) atoms. The maximum absolute atomic E-state index is 3.72. The van der Waals surface area contributed by atoms with Crippen LogP contribution in [0.25, 0.3) is 0 Å². The first-order valence-corrected chi connectivity index (χ1v) is 8.98. The molecule has 2 atom stereocenters. The Morgan fingerprint density at radius 2 is 2.10 bits per heavy atom. The minimum absolute atomic E-state index is 0.772. The number of rotatable bonds is 5. The first-order valence-electron chi connectivity index (χ1n) is 8.10. The first kappa shape index (κ1) is 13.2. The van der Waals surface area contributed by atoms with Crippen LogP contribution in [0.3, 0.4) is 0 Å². The monoisotopic (exact) mass is 288 g/mol. The zero-order valence-electron chi connectivity index (χ0n) is 12.1. The van der Waals surface area contributed by atoms with Crippen LogP contribution in [0.2, 0.25) is 0 Å². The molecule has 2 fully saturated rings. The van der Waals surface area contributed by atoms with Gasteiger partial charge in [-0.05, 0) is 50.3 Å². The number of hydrogen-bond acceptors (Lipinski definition) is 3. The summed E-state index contributed by atoms with van der Waals surface area (Å²) in [4.78, 5) is 4.27. The summed E-state index contributed by atoms with van der Waals surface area (Å²) >= 11 is 2.10. The third kappa shape index (κ3) is 2.90. The van der Waals surface area contributed by atoms with Gasteiger partial charge in [-0.15, -0.1) is 11.8 Å². The highest BCUT2D eigenvalue weighted by molar-refractivity contribution is 8.00. The van der Waals surface area contributed by atoms with Crippen molar-refractivity contribution in [2.24, 2.45) is 0 Å². The zero-order valence-corrected chi connectivity index (χ0v) is 12.9. The van der Waals surface area contributed by atoms with Gasteiger partial charge >= 0.3 is 0 Å². The molecule has 1 N–H and O–H groups in total. The van der Waals surface area contributed by atoms with E-state index in [4.69, 9.17) is 0 Å². The molecule has 1 aromatic rings. The summed E-state index contributed by atoms with van der Waals surface area (Å²) in [6.45, 7) is 3.80. The molecule has 0 amide bonds. The van der Waals surface area contributed by atoms with Gasteiger partial charge in [0.15, 0.2) is 0 Å². The summed E-state index contributed by atoms with van der Waals surface area (Å²) in [6, 6.07) is 10.6. The number of benzene rings is 1. The predicted molar refractivity (Wildman–Crippen MR) is 85.4 cm³/mol. The Bertz CT molecular complexity index is 447. The molecule has 1 saturated heterocycles. The molecule has 0 aromatic heterocycles. The summed E-state index contributed by atoms with van der Waals surface area (Å²) in [5.41, 5.74) is 1.56. The highest BCUT2D eigenvalue weighted by atomic mass is 32.2. The van der Waals surface area contributed by atoms with E-state index in [2.05, 4.69) is 46.2 Å². The van der Waals surface area contributed by atoms with Gasteiger partial charge in [0.05, 0.1) is 0 Å². The average molecular weight is 288 g/mol. The topological polar surface area (TPSA) is 15.3 Å². The molecule has 108 valence electrons. The van der Waals surface area contributed by atoms with Gasteiger partial charge in [-0.3, -0.25) is 4.90 Å². The van der Waals surface area contributed by atoms with Crippen LogP contribution in [0.15, 0.2) is 29.2 Å². The van der Waals surface area contributed by atoms with Gasteiger partial charge in [-0.2, -0.15) is 0 Å². The molecule has 1 aliphatic carbocycles. The van der Waals surface area contributed by atoms with Crippen LogP contribution in [-0.2, 0) is 6.42 Å². The van der Waals surface area contributed by atoms with Crippen molar-refractivity contribution in [2.75, 3.05) is 19.6 Å². The van der Waals surface area contributed by atoms with Gasteiger partial charge in [-0.25, -0.2) is 0 Å². The van der Waals surface area contributed by atoms with E-state index in [0.29, 0.717) is 0 Å². The number of likely N-dealkylation sites (tertiary alicyclic amines) is 1. The Balaban J connectivity index is 1.32. The van der Waals surface area contributed by atoms with E-state index in [0.717, 1.165) is 17.3 Å².